The summed E-state index contributed by atoms with van der Waals surface area (Å²) in [6.45, 7) is 0.269. The van der Waals surface area contributed by atoms with Gasteiger partial charge < -0.3 is 9.47 Å². The number of alkyl halides is 1. The van der Waals surface area contributed by atoms with Crippen LogP contribution >= 0.6 is 15.9 Å². The minimum atomic E-state index is -0.689. The van der Waals surface area contributed by atoms with Crippen molar-refractivity contribution >= 4 is 21.9 Å². The van der Waals surface area contributed by atoms with Crippen molar-refractivity contribution in [2.24, 2.45) is 0 Å². The predicted molar refractivity (Wildman–Crippen MR) is 56.0 cm³/mol. The lowest BCUT2D eigenvalue weighted by atomic mass is 10.2. The minimum absolute atomic E-state index is 0.269. The van der Waals surface area contributed by atoms with Crippen LogP contribution in [0.2, 0.25) is 0 Å². The van der Waals surface area contributed by atoms with Gasteiger partial charge in [-0.05, 0) is 21.5 Å². The molecule has 1 atom stereocenters. The molecule has 1 unspecified atom stereocenters. The zero-order valence-corrected chi connectivity index (χ0v) is 9.36. The molecule has 0 aliphatic heterocycles. The molecule has 0 saturated carbocycles. The van der Waals surface area contributed by atoms with Gasteiger partial charge in [0.15, 0.2) is 0 Å². The molecular weight excluding hydrogens is 248 g/mol. The SMILES string of the molecule is COC(Br)C(=O)OCc1ccccc1. The maximum absolute atomic E-state index is 11.2. The molecule has 1 aromatic rings. The third kappa shape index (κ3) is 3.47. The average Bonchev–Trinajstić information content (AvgIpc) is 2.26. The largest absolute Gasteiger partial charge is 0.458 e. The summed E-state index contributed by atoms with van der Waals surface area (Å²) >= 11 is 3.02. The van der Waals surface area contributed by atoms with Gasteiger partial charge in [0.25, 0.3) is 0 Å². The van der Waals surface area contributed by atoms with Crippen LogP contribution in [0, 0.1) is 0 Å². The summed E-state index contributed by atoms with van der Waals surface area (Å²) in [7, 11) is 1.43. The van der Waals surface area contributed by atoms with Crippen LogP contribution in [0.15, 0.2) is 30.3 Å². The van der Waals surface area contributed by atoms with E-state index in [1.165, 1.54) is 7.11 Å². The molecule has 0 saturated heterocycles. The van der Waals surface area contributed by atoms with E-state index >= 15 is 0 Å². The standard InChI is InChI=1S/C10H11BrO3/c1-13-9(11)10(12)14-7-8-5-3-2-4-6-8/h2-6,9H,7H2,1H3. The maximum atomic E-state index is 11.2. The monoisotopic (exact) mass is 258 g/mol. The molecule has 0 bridgehead atoms. The molecule has 0 spiro atoms. The normalized spacial score (nSPS) is 12.1. The first kappa shape index (κ1) is 11.2. The van der Waals surface area contributed by atoms with Gasteiger partial charge in [0, 0.05) is 7.11 Å². The van der Waals surface area contributed by atoms with Crippen LogP contribution in [0.25, 0.3) is 0 Å². The number of hydrogen-bond donors (Lipinski definition) is 0. The van der Waals surface area contributed by atoms with E-state index in [-0.39, 0.29) is 6.61 Å². The lowest BCUT2D eigenvalue weighted by Gasteiger charge is -2.07. The van der Waals surface area contributed by atoms with Crippen molar-refractivity contribution in [1.29, 1.82) is 0 Å². The van der Waals surface area contributed by atoms with Crippen molar-refractivity contribution in [3.63, 3.8) is 0 Å². The van der Waals surface area contributed by atoms with E-state index in [9.17, 15) is 4.79 Å². The summed E-state index contributed by atoms with van der Waals surface area (Å²) in [6.07, 6.45) is 0. The van der Waals surface area contributed by atoms with Crippen molar-refractivity contribution in [2.45, 2.75) is 11.6 Å². The Kier molecular flexibility index (Phi) is 4.62. The van der Waals surface area contributed by atoms with Gasteiger partial charge in [0.1, 0.15) is 6.61 Å². The topological polar surface area (TPSA) is 35.5 Å². The van der Waals surface area contributed by atoms with E-state index in [0.717, 1.165) is 5.56 Å². The van der Waals surface area contributed by atoms with Gasteiger partial charge in [-0.1, -0.05) is 30.3 Å². The molecule has 3 nitrogen and oxygen atoms in total. The van der Waals surface area contributed by atoms with Gasteiger partial charge in [-0.2, -0.15) is 0 Å². The predicted octanol–water partition coefficient (Wildman–Crippen LogP) is 2.10. The lowest BCUT2D eigenvalue weighted by molar-refractivity contribution is -0.150. The van der Waals surface area contributed by atoms with Crippen LogP contribution in [-0.2, 0) is 20.9 Å². The van der Waals surface area contributed by atoms with Crippen LogP contribution in [0.3, 0.4) is 0 Å². The van der Waals surface area contributed by atoms with E-state index in [0.29, 0.717) is 0 Å². The van der Waals surface area contributed by atoms with Gasteiger partial charge >= 0.3 is 5.97 Å². The molecule has 0 heterocycles. The average molecular weight is 259 g/mol. The van der Waals surface area contributed by atoms with Gasteiger partial charge in [-0.25, -0.2) is 4.79 Å². The van der Waals surface area contributed by atoms with E-state index in [1.54, 1.807) is 0 Å². The summed E-state index contributed by atoms with van der Waals surface area (Å²) in [5, 5.41) is -0.689. The molecule has 0 fully saturated rings. The Balaban J connectivity index is 2.38. The third-order valence-corrected chi connectivity index (χ3v) is 2.36. The van der Waals surface area contributed by atoms with Crippen LogP contribution in [0.5, 0.6) is 0 Å². The molecule has 1 aromatic carbocycles. The number of benzene rings is 1. The number of methoxy groups -OCH3 is 1. The number of halogens is 1. The van der Waals surface area contributed by atoms with Crippen LogP contribution in [0.1, 0.15) is 5.56 Å². The van der Waals surface area contributed by atoms with E-state index in [4.69, 9.17) is 9.47 Å². The van der Waals surface area contributed by atoms with Crippen molar-refractivity contribution < 1.29 is 14.3 Å². The Morgan fingerprint density at radius 1 is 1.43 bits per heavy atom. The maximum Gasteiger partial charge on any atom is 0.346 e. The fourth-order valence-corrected chi connectivity index (χ4v) is 1.02. The first-order valence-electron chi connectivity index (χ1n) is 4.11. The minimum Gasteiger partial charge on any atom is -0.458 e. The highest BCUT2D eigenvalue weighted by Crippen LogP contribution is 2.06. The number of esters is 1. The van der Waals surface area contributed by atoms with Crippen molar-refractivity contribution in [3.8, 4) is 0 Å². The van der Waals surface area contributed by atoms with Gasteiger partial charge in [0.2, 0.25) is 5.01 Å². The molecule has 0 N–H and O–H groups in total. The second-order valence-electron chi connectivity index (χ2n) is 2.65. The number of hydrogen-bond acceptors (Lipinski definition) is 3. The second kappa shape index (κ2) is 5.78. The smallest absolute Gasteiger partial charge is 0.346 e. The quantitative estimate of drug-likeness (QED) is 0.613. The molecule has 0 radical (unpaired) electrons. The van der Waals surface area contributed by atoms with E-state index in [1.807, 2.05) is 30.3 Å². The molecule has 76 valence electrons. The van der Waals surface area contributed by atoms with Crippen LogP contribution in [0.4, 0.5) is 0 Å². The molecular formula is C10H11BrO3. The van der Waals surface area contributed by atoms with E-state index < -0.39 is 11.0 Å². The highest BCUT2D eigenvalue weighted by Gasteiger charge is 2.14. The van der Waals surface area contributed by atoms with Crippen molar-refractivity contribution in [2.75, 3.05) is 7.11 Å². The summed E-state index contributed by atoms with van der Waals surface area (Å²) in [5.41, 5.74) is 0.955. The molecule has 14 heavy (non-hydrogen) atoms. The van der Waals surface area contributed by atoms with Gasteiger partial charge in [-0.3, -0.25) is 0 Å². The summed E-state index contributed by atoms with van der Waals surface area (Å²) in [4.78, 5) is 11.2. The fourth-order valence-electron chi connectivity index (χ4n) is 0.890. The molecule has 0 aliphatic carbocycles. The Bertz CT molecular complexity index is 287. The molecule has 4 heteroatoms. The molecule has 0 amide bonds. The zero-order chi connectivity index (χ0) is 10.4. The Labute approximate surface area is 91.1 Å². The number of carbonyl (C=O) groups excluding carboxylic acids is 1. The molecule has 0 aromatic heterocycles. The lowest BCUT2D eigenvalue weighted by Crippen LogP contribution is -2.18. The summed E-state index contributed by atoms with van der Waals surface area (Å²) in [5.74, 6) is -0.420. The Morgan fingerprint density at radius 2 is 2.07 bits per heavy atom. The van der Waals surface area contributed by atoms with Crippen molar-refractivity contribution in [3.05, 3.63) is 35.9 Å². The Morgan fingerprint density at radius 3 is 2.64 bits per heavy atom. The Hall–Kier alpha value is -0.870. The summed E-state index contributed by atoms with van der Waals surface area (Å²) in [6, 6.07) is 9.48. The molecule has 0 aliphatic rings. The third-order valence-electron chi connectivity index (χ3n) is 1.62. The molecule has 1 rings (SSSR count). The van der Waals surface area contributed by atoms with Crippen molar-refractivity contribution in [1.82, 2.24) is 0 Å². The number of carbonyl (C=O) groups is 1. The number of rotatable bonds is 4. The number of ether oxygens (including phenoxy) is 2. The van der Waals surface area contributed by atoms with Gasteiger partial charge in [0.05, 0.1) is 0 Å². The highest BCUT2D eigenvalue weighted by atomic mass is 79.9. The zero-order valence-electron chi connectivity index (χ0n) is 7.77. The second-order valence-corrected chi connectivity index (χ2v) is 3.48. The summed E-state index contributed by atoms with van der Waals surface area (Å²) < 4.78 is 9.71. The first-order chi connectivity index (χ1) is 6.74. The highest BCUT2D eigenvalue weighted by molar-refractivity contribution is 9.09. The first-order valence-corrected chi connectivity index (χ1v) is 5.03. The van der Waals surface area contributed by atoms with E-state index in [2.05, 4.69) is 15.9 Å². The van der Waals surface area contributed by atoms with Crippen LogP contribution < -0.4 is 0 Å². The van der Waals surface area contributed by atoms with Gasteiger partial charge in [-0.15, -0.1) is 0 Å². The van der Waals surface area contributed by atoms with Crippen LogP contribution in [-0.4, -0.2) is 18.1 Å². The fraction of sp³-hybridized carbons (Fsp3) is 0.300.